The molecule has 0 spiro atoms. The van der Waals surface area contributed by atoms with Crippen LogP contribution < -0.4 is 0 Å². The van der Waals surface area contributed by atoms with Crippen LogP contribution in [0.2, 0.25) is 0 Å². The summed E-state index contributed by atoms with van der Waals surface area (Å²) in [6, 6.07) is 0. The first-order valence-electron chi connectivity index (χ1n) is 3.59. The third kappa shape index (κ3) is 4.58. The van der Waals surface area contributed by atoms with Crippen LogP contribution in [0.4, 0.5) is 0 Å². The summed E-state index contributed by atoms with van der Waals surface area (Å²) >= 11 is 1.71. The summed E-state index contributed by atoms with van der Waals surface area (Å²) in [6.07, 6.45) is 0.162. The molecule has 0 aromatic rings. The van der Waals surface area contributed by atoms with Crippen molar-refractivity contribution >= 4 is 29.0 Å². The molecule has 0 saturated carbocycles. The number of esters is 1. The molecule has 4 heteroatoms. The van der Waals surface area contributed by atoms with Gasteiger partial charge in [-0.2, -0.15) is 0 Å². The summed E-state index contributed by atoms with van der Waals surface area (Å²) < 4.78 is 9.78. The number of hydrogen-bond donors (Lipinski definition) is 0. The zero-order valence-corrected chi connectivity index (χ0v) is 9.12. The Bertz CT molecular complexity index is 121. The lowest BCUT2D eigenvalue weighted by molar-refractivity contribution is -0.154. The van der Waals surface area contributed by atoms with Gasteiger partial charge in [-0.05, 0) is 20.3 Å². The van der Waals surface area contributed by atoms with E-state index in [9.17, 15) is 4.79 Å². The quantitative estimate of drug-likeness (QED) is 0.580. The molecule has 1 atom stereocenters. The lowest BCUT2D eigenvalue weighted by Crippen LogP contribution is -2.25. The van der Waals surface area contributed by atoms with E-state index in [-0.39, 0.29) is 12.1 Å². The van der Waals surface area contributed by atoms with Crippen molar-refractivity contribution in [3.63, 3.8) is 0 Å². The van der Waals surface area contributed by atoms with E-state index in [1.807, 2.05) is 20.8 Å². The Hall–Kier alpha value is 0.160. The van der Waals surface area contributed by atoms with Gasteiger partial charge in [0.05, 0.1) is 6.10 Å². The fourth-order valence-corrected chi connectivity index (χ4v) is 1.14. The summed E-state index contributed by atoms with van der Waals surface area (Å²) in [5.74, 6) is -0.281. The van der Waals surface area contributed by atoms with Crippen molar-refractivity contribution in [3.8, 4) is 0 Å². The van der Waals surface area contributed by atoms with E-state index in [2.05, 4.69) is 0 Å². The van der Waals surface area contributed by atoms with Crippen molar-refractivity contribution in [2.45, 2.75) is 39.4 Å². The Morgan fingerprint density at radius 3 is 2.36 bits per heavy atom. The van der Waals surface area contributed by atoms with Crippen LogP contribution in [0.1, 0.15) is 27.2 Å². The predicted molar refractivity (Wildman–Crippen MR) is 50.4 cm³/mol. The smallest absolute Gasteiger partial charge is 0.336 e. The monoisotopic (exact) mass is 272 g/mol. The van der Waals surface area contributed by atoms with Crippen molar-refractivity contribution in [3.05, 3.63) is 0 Å². The van der Waals surface area contributed by atoms with Gasteiger partial charge in [0.15, 0.2) is 6.10 Å². The largest absolute Gasteiger partial charge is 0.461 e. The number of hydrogen-bond acceptors (Lipinski definition) is 3. The summed E-state index contributed by atoms with van der Waals surface area (Å²) in [5, 5.41) is 0. The van der Waals surface area contributed by atoms with Crippen molar-refractivity contribution in [2.75, 3.05) is 0 Å². The fraction of sp³-hybridized carbons (Fsp3) is 0.857. The first-order valence-corrected chi connectivity index (χ1v) is 4.47. The van der Waals surface area contributed by atoms with E-state index in [1.165, 1.54) is 0 Å². The molecule has 66 valence electrons. The molecular weight excluding hydrogens is 259 g/mol. The number of carbonyl (C=O) groups excluding carboxylic acids is 1. The highest BCUT2D eigenvalue weighted by Gasteiger charge is 2.18. The molecule has 0 bridgehead atoms. The second kappa shape index (κ2) is 5.77. The summed E-state index contributed by atoms with van der Waals surface area (Å²) in [5.41, 5.74) is 0. The summed E-state index contributed by atoms with van der Waals surface area (Å²) in [7, 11) is 0. The minimum Gasteiger partial charge on any atom is -0.461 e. The van der Waals surface area contributed by atoms with Crippen LogP contribution in [0.15, 0.2) is 0 Å². The summed E-state index contributed by atoms with van der Waals surface area (Å²) in [6.45, 7) is 5.51. The number of carbonyl (C=O) groups is 1. The Morgan fingerprint density at radius 2 is 2.09 bits per heavy atom. The Balaban J connectivity index is 3.79. The zero-order chi connectivity index (χ0) is 8.85. The molecule has 0 radical (unpaired) electrons. The van der Waals surface area contributed by atoms with Crippen LogP contribution in [0.5, 0.6) is 0 Å². The van der Waals surface area contributed by atoms with Gasteiger partial charge < -0.3 is 7.80 Å². The van der Waals surface area contributed by atoms with Gasteiger partial charge in [0.2, 0.25) is 0 Å². The van der Waals surface area contributed by atoms with Crippen molar-refractivity contribution in [1.29, 1.82) is 0 Å². The standard InChI is InChI=1S/C7H13IO3/c1-4-6(11-8)7(9)10-5(2)3/h5-6H,4H2,1-3H3. The number of halogens is 1. The highest BCUT2D eigenvalue weighted by molar-refractivity contribution is 14.1. The van der Waals surface area contributed by atoms with Gasteiger partial charge in [-0.15, -0.1) is 0 Å². The molecule has 0 fully saturated rings. The number of rotatable bonds is 4. The molecule has 0 amide bonds. The van der Waals surface area contributed by atoms with E-state index in [1.54, 1.807) is 23.0 Å². The van der Waals surface area contributed by atoms with E-state index in [0.29, 0.717) is 6.42 Å². The molecule has 1 unspecified atom stereocenters. The van der Waals surface area contributed by atoms with Gasteiger partial charge in [0.1, 0.15) is 23.0 Å². The van der Waals surface area contributed by atoms with Crippen LogP contribution in [-0.4, -0.2) is 18.2 Å². The maximum atomic E-state index is 11.1. The lowest BCUT2D eigenvalue weighted by atomic mass is 10.3. The van der Waals surface area contributed by atoms with Gasteiger partial charge in [-0.1, -0.05) is 6.92 Å². The zero-order valence-electron chi connectivity index (χ0n) is 6.96. The van der Waals surface area contributed by atoms with Crippen LogP contribution in [0.3, 0.4) is 0 Å². The molecule has 11 heavy (non-hydrogen) atoms. The fourth-order valence-electron chi connectivity index (χ4n) is 0.574. The van der Waals surface area contributed by atoms with Crippen LogP contribution in [-0.2, 0) is 12.6 Å². The second-order valence-electron chi connectivity index (χ2n) is 2.47. The van der Waals surface area contributed by atoms with Crippen LogP contribution in [0, 0.1) is 0 Å². The van der Waals surface area contributed by atoms with Crippen molar-refractivity contribution in [2.24, 2.45) is 0 Å². The molecule has 0 aromatic heterocycles. The third-order valence-electron chi connectivity index (χ3n) is 1.09. The molecule has 0 aliphatic carbocycles. The Kier molecular flexibility index (Phi) is 5.85. The molecule has 0 N–H and O–H groups in total. The lowest BCUT2D eigenvalue weighted by Gasteiger charge is -2.12. The summed E-state index contributed by atoms with van der Waals surface area (Å²) in [4.78, 5) is 11.1. The highest BCUT2D eigenvalue weighted by atomic mass is 127. The average Bonchev–Trinajstić information content (AvgIpc) is 1.88. The van der Waals surface area contributed by atoms with Crippen LogP contribution in [0.25, 0.3) is 0 Å². The minimum absolute atomic E-state index is 0.0666. The molecule has 0 rings (SSSR count). The van der Waals surface area contributed by atoms with Crippen LogP contribution >= 0.6 is 23.0 Å². The van der Waals surface area contributed by atoms with Gasteiger partial charge in [-0.25, -0.2) is 4.79 Å². The van der Waals surface area contributed by atoms with E-state index in [0.717, 1.165) is 0 Å². The molecule has 0 saturated heterocycles. The SMILES string of the molecule is CCC(OI)C(=O)OC(C)C. The normalized spacial score (nSPS) is 13.2. The van der Waals surface area contributed by atoms with Gasteiger partial charge in [0.25, 0.3) is 0 Å². The topological polar surface area (TPSA) is 35.5 Å². The highest BCUT2D eigenvalue weighted by Crippen LogP contribution is 2.06. The van der Waals surface area contributed by atoms with Crippen molar-refractivity contribution < 1.29 is 12.6 Å². The number of ether oxygens (including phenoxy) is 1. The second-order valence-corrected chi connectivity index (χ2v) is 2.98. The van der Waals surface area contributed by atoms with E-state index in [4.69, 9.17) is 7.80 Å². The molecular formula is C7H13IO3. The van der Waals surface area contributed by atoms with Gasteiger partial charge in [0, 0.05) is 0 Å². The predicted octanol–water partition coefficient (Wildman–Crippen LogP) is 2.08. The molecule has 0 aromatic carbocycles. The maximum absolute atomic E-state index is 11.1. The minimum atomic E-state index is -0.419. The average molecular weight is 272 g/mol. The third-order valence-corrected chi connectivity index (χ3v) is 1.71. The first-order chi connectivity index (χ1) is 5.11. The Labute approximate surface area is 81.1 Å². The maximum Gasteiger partial charge on any atom is 0.336 e. The molecule has 3 nitrogen and oxygen atoms in total. The van der Waals surface area contributed by atoms with E-state index >= 15 is 0 Å². The molecule has 0 aliphatic rings. The molecule has 0 aliphatic heterocycles. The van der Waals surface area contributed by atoms with Gasteiger partial charge >= 0.3 is 5.97 Å². The van der Waals surface area contributed by atoms with E-state index < -0.39 is 6.10 Å². The molecule has 0 heterocycles. The first kappa shape index (κ1) is 11.2. The van der Waals surface area contributed by atoms with Crippen molar-refractivity contribution in [1.82, 2.24) is 0 Å². The van der Waals surface area contributed by atoms with Gasteiger partial charge in [-0.3, -0.25) is 0 Å². The Morgan fingerprint density at radius 1 is 1.55 bits per heavy atom.